The quantitative estimate of drug-likeness (QED) is 0.920. The van der Waals surface area contributed by atoms with E-state index in [2.05, 4.69) is 15.3 Å². The lowest BCUT2D eigenvalue weighted by molar-refractivity contribution is 0.0174. The molecule has 6 heteroatoms. The molecule has 0 aliphatic carbocycles. The Morgan fingerprint density at radius 2 is 1.74 bits per heavy atom. The summed E-state index contributed by atoms with van der Waals surface area (Å²) in [6.07, 6.45) is 3.02. The molecule has 2 rings (SSSR count). The molecule has 100 valence electrons. The van der Waals surface area contributed by atoms with Gasteiger partial charge in [-0.15, -0.1) is 0 Å². The van der Waals surface area contributed by atoms with Crippen molar-refractivity contribution in [1.29, 1.82) is 0 Å². The monoisotopic (exact) mass is 265 g/mol. The smallest absolute Gasteiger partial charge is 0.270 e. The predicted molar refractivity (Wildman–Crippen MR) is 67.7 cm³/mol. The molecule has 0 amide bonds. The Balaban J connectivity index is 2.20. The van der Waals surface area contributed by atoms with Crippen LogP contribution in [0.25, 0.3) is 0 Å². The maximum atomic E-state index is 13.1. The van der Waals surface area contributed by atoms with E-state index < -0.39 is 5.92 Å². The number of hydrogen-bond donors (Lipinski definition) is 1. The number of nitrogens with zero attached hydrogens (tertiary/aromatic N) is 2. The van der Waals surface area contributed by atoms with Crippen LogP contribution in [0.3, 0.4) is 0 Å². The lowest BCUT2D eigenvalue weighted by Gasteiger charge is -2.12. The zero-order valence-electron chi connectivity index (χ0n) is 10.5. The van der Waals surface area contributed by atoms with E-state index in [4.69, 9.17) is 4.74 Å². The molecule has 0 aliphatic heterocycles. The molecule has 19 heavy (non-hydrogen) atoms. The van der Waals surface area contributed by atoms with E-state index in [0.29, 0.717) is 17.4 Å². The number of benzene rings is 1. The van der Waals surface area contributed by atoms with Gasteiger partial charge in [0.1, 0.15) is 5.75 Å². The van der Waals surface area contributed by atoms with Gasteiger partial charge in [-0.3, -0.25) is 0 Å². The van der Waals surface area contributed by atoms with Crippen LogP contribution in [0.1, 0.15) is 12.5 Å². The third-order valence-electron chi connectivity index (χ3n) is 2.48. The third-order valence-corrected chi connectivity index (χ3v) is 2.48. The highest BCUT2D eigenvalue weighted by Gasteiger charge is 2.23. The highest BCUT2D eigenvalue weighted by Crippen LogP contribution is 2.30. The number of aromatic nitrogens is 2. The average molecular weight is 265 g/mol. The number of halogens is 2. The molecule has 1 heterocycles. The van der Waals surface area contributed by atoms with E-state index in [1.165, 1.54) is 36.7 Å². The topological polar surface area (TPSA) is 47.0 Å². The lowest BCUT2D eigenvalue weighted by Crippen LogP contribution is -2.06. The molecule has 0 saturated heterocycles. The maximum Gasteiger partial charge on any atom is 0.270 e. The van der Waals surface area contributed by atoms with Crippen molar-refractivity contribution in [2.45, 2.75) is 12.8 Å². The van der Waals surface area contributed by atoms with Gasteiger partial charge in [0.2, 0.25) is 0 Å². The van der Waals surface area contributed by atoms with Crippen molar-refractivity contribution in [2.75, 3.05) is 12.4 Å². The summed E-state index contributed by atoms with van der Waals surface area (Å²) in [6.45, 7) is 0.852. The van der Waals surface area contributed by atoms with Crippen molar-refractivity contribution in [3.8, 4) is 11.6 Å². The van der Waals surface area contributed by atoms with E-state index in [1.807, 2.05) is 0 Å². The standard InChI is InChI=1S/C13H13F2N3O/c1-13(14,15)9-3-5-10(6-4-9)19-12-11(16-2)17-7-8-18-12/h3-8H,1-2H3,(H,16,17). The first kappa shape index (κ1) is 13.2. The van der Waals surface area contributed by atoms with Gasteiger partial charge in [-0.05, 0) is 24.3 Å². The van der Waals surface area contributed by atoms with Crippen LogP contribution >= 0.6 is 0 Å². The Kier molecular flexibility index (Phi) is 3.59. The first-order valence-electron chi connectivity index (χ1n) is 5.65. The number of ether oxygens (including phenoxy) is 1. The summed E-state index contributed by atoms with van der Waals surface area (Å²) >= 11 is 0. The van der Waals surface area contributed by atoms with Gasteiger partial charge in [0.25, 0.3) is 11.8 Å². The number of anilines is 1. The van der Waals surface area contributed by atoms with Crippen LogP contribution in [-0.2, 0) is 5.92 Å². The van der Waals surface area contributed by atoms with Gasteiger partial charge in [-0.2, -0.15) is 0 Å². The molecule has 0 bridgehead atoms. The normalized spacial score (nSPS) is 11.2. The predicted octanol–water partition coefficient (Wildman–Crippen LogP) is 3.42. The minimum absolute atomic E-state index is 0.0622. The third kappa shape index (κ3) is 3.15. The molecule has 0 atom stereocenters. The zero-order valence-corrected chi connectivity index (χ0v) is 10.5. The Hall–Kier alpha value is -2.24. The Morgan fingerprint density at radius 3 is 2.32 bits per heavy atom. The average Bonchev–Trinajstić information content (AvgIpc) is 2.39. The molecule has 0 unspecified atom stereocenters. The summed E-state index contributed by atoms with van der Waals surface area (Å²) in [7, 11) is 1.69. The van der Waals surface area contributed by atoms with Crippen molar-refractivity contribution in [3.63, 3.8) is 0 Å². The second-order valence-corrected chi connectivity index (χ2v) is 3.97. The van der Waals surface area contributed by atoms with Crippen LogP contribution in [0.2, 0.25) is 0 Å². The minimum atomic E-state index is -2.86. The lowest BCUT2D eigenvalue weighted by atomic mass is 10.1. The molecular weight excluding hydrogens is 252 g/mol. The molecule has 4 nitrogen and oxygen atoms in total. The second-order valence-electron chi connectivity index (χ2n) is 3.97. The number of hydrogen-bond acceptors (Lipinski definition) is 4. The van der Waals surface area contributed by atoms with E-state index in [1.54, 1.807) is 7.05 Å². The van der Waals surface area contributed by atoms with E-state index in [9.17, 15) is 8.78 Å². The van der Waals surface area contributed by atoms with Crippen LogP contribution in [0, 0.1) is 0 Å². The largest absolute Gasteiger partial charge is 0.436 e. The van der Waals surface area contributed by atoms with Crippen molar-refractivity contribution in [2.24, 2.45) is 0 Å². The summed E-state index contributed by atoms with van der Waals surface area (Å²) in [6, 6.07) is 5.59. The van der Waals surface area contributed by atoms with Crippen molar-refractivity contribution in [3.05, 3.63) is 42.2 Å². The van der Waals surface area contributed by atoms with Crippen molar-refractivity contribution < 1.29 is 13.5 Å². The molecule has 1 aromatic carbocycles. The molecule has 0 radical (unpaired) electrons. The van der Waals surface area contributed by atoms with Crippen molar-refractivity contribution in [1.82, 2.24) is 9.97 Å². The zero-order chi connectivity index (χ0) is 13.9. The number of alkyl halides is 2. The summed E-state index contributed by atoms with van der Waals surface area (Å²) < 4.78 is 31.6. The second kappa shape index (κ2) is 5.17. The molecule has 0 fully saturated rings. The highest BCUT2D eigenvalue weighted by atomic mass is 19.3. The van der Waals surface area contributed by atoms with Crippen LogP contribution in [0.15, 0.2) is 36.7 Å². The Bertz CT molecular complexity index is 553. The maximum absolute atomic E-state index is 13.1. The summed E-state index contributed by atoms with van der Waals surface area (Å²) in [4.78, 5) is 8.05. The number of nitrogens with one attached hydrogen (secondary N) is 1. The van der Waals surface area contributed by atoms with Gasteiger partial charge in [0.05, 0.1) is 0 Å². The summed E-state index contributed by atoms with van der Waals surface area (Å²) in [5.74, 6) is -1.67. The van der Waals surface area contributed by atoms with E-state index in [-0.39, 0.29) is 5.56 Å². The van der Waals surface area contributed by atoms with Crippen LogP contribution in [0.5, 0.6) is 11.6 Å². The van der Waals surface area contributed by atoms with Gasteiger partial charge >= 0.3 is 0 Å². The van der Waals surface area contributed by atoms with Gasteiger partial charge in [-0.25, -0.2) is 18.7 Å². The highest BCUT2D eigenvalue weighted by molar-refractivity contribution is 5.46. The molecule has 1 N–H and O–H groups in total. The van der Waals surface area contributed by atoms with Gasteiger partial charge in [0.15, 0.2) is 5.82 Å². The van der Waals surface area contributed by atoms with Crippen LogP contribution in [0.4, 0.5) is 14.6 Å². The van der Waals surface area contributed by atoms with Crippen molar-refractivity contribution >= 4 is 5.82 Å². The fraction of sp³-hybridized carbons (Fsp3) is 0.231. The Labute approximate surface area is 109 Å². The molecule has 2 aromatic rings. The van der Waals surface area contributed by atoms with E-state index in [0.717, 1.165) is 6.92 Å². The fourth-order valence-electron chi connectivity index (χ4n) is 1.50. The molecular formula is C13H13F2N3O. The first-order chi connectivity index (χ1) is 9.00. The number of rotatable bonds is 4. The fourth-order valence-corrected chi connectivity index (χ4v) is 1.50. The van der Waals surface area contributed by atoms with Gasteiger partial charge in [0, 0.05) is 31.9 Å². The summed E-state index contributed by atoms with van der Waals surface area (Å²) in [5, 5.41) is 2.83. The first-order valence-corrected chi connectivity index (χ1v) is 5.65. The van der Waals surface area contributed by atoms with Crippen LogP contribution < -0.4 is 10.1 Å². The van der Waals surface area contributed by atoms with E-state index >= 15 is 0 Å². The minimum Gasteiger partial charge on any atom is -0.436 e. The molecule has 0 aliphatic rings. The Morgan fingerprint density at radius 1 is 1.11 bits per heavy atom. The van der Waals surface area contributed by atoms with Crippen LogP contribution in [-0.4, -0.2) is 17.0 Å². The summed E-state index contributed by atoms with van der Waals surface area (Å²) in [5.41, 5.74) is -0.0622. The molecule has 1 aromatic heterocycles. The molecule has 0 spiro atoms. The van der Waals surface area contributed by atoms with Gasteiger partial charge in [-0.1, -0.05) is 0 Å². The van der Waals surface area contributed by atoms with Gasteiger partial charge < -0.3 is 10.1 Å². The molecule has 0 saturated carbocycles. The SMILES string of the molecule is CNc1nccnc1Oc1ccc(C(C)(F)F)cc1.